The molecule has 0 aromatic rings. The van der Waals surface area contributed by atoms with Gasteiger partial charge in [-0.2, -0.15) is 18.4 Å². The minimum Gasteiger partial charge on any atom is -0.381 e. The van der Waals surface area contributed by atoms with Crippen molar-refractivity contribution in [1.82, 2.24) is 5.32 Å². The monoisotopic (exact) mass is 222 g/mol. The van der Waals surface area contributed by atoms with Gasteiger partial charge in [0.2, 0.25) is 0 Å². The van der Waals surface area contributed by atoms with Crippen molar-refractivity contribution in [3.8, 4) is 6.07 Å². The van der Waals surface area contributed by atoms with Gasteiger partial charge >= 0.3 is 6.18 Å². The summed E-state index contributed by atoms with van der Waals surface area (Å²) in [6.45, 7) is -0.282. The van der Waals surface area contributed by atoms with Crippen LogP contribution in [0.4, 0.5) is 13.2 Å². The van der Waals surface area contributed by atoms with Crippen LogP contribution in [0.25, 0.3) is 0 Å². The molecule has 1 rings (SSSR count). The van der Waals surface area contributed by atoms with E-state index in [1.807, 2.05) is 6.07 Å². The lowest BCUT2D eigenvalue weighted by molar-refractivity contribution is -0.127. The summed E-state index contributed by atoms with van der Waals surface area (Å²) in [5.41, 5.74) is -1.08. The molecule has 0 aliphatic carbocycles. The van der Waals surface area contributed by atoms with E-state index in [-0.39, 0.29) is 0 Å². The summed E-state index contributed by atoms with van der Waals surface area (Å²) in [7, 11) is 0. The lowest BCUT2D eigenvalue weighted by Crippen LogP contribution is -2.48. The molecule has 0 amide bonds. The van der Waals surface area contributed by atoms with Gasteiger partial charge in [-0.05, 0) is 12.8 Å². The van der Waals surface area contributed by atoms with Crippen molar-refractivity contribution in [3.05, 3.63) is 0 Å². The zero-order valence-electron chi connectivity index (χ0n) is 8.23. The van der Waals surface area contributed by atoms with Crippen LogP contribution in [0.5, 0.6) is 0 Å². The molecule has 0 bridgehead atoms. The molecule has 1 aliphatic heterocycles. The van der Waals surface area contributed by atoms with E-state index in [1.54, 1.807) is 0 Å². The quantitative estimate of drug-likeness (QED) is 0.771. The second kappa shape index (κ2) is 4.81. The van der Waals surface area contributed by atoms with Gasteiger partial charge in [0.1, 0.15) is 5.54 Å². The van der Waals surface area contributed by atoms with Gasteiger partial charge in [0.15, 0.2) is 0 Å². The van der Waals surface area contributed by atoms with Gasteiger partial charge in [0, 0.05) is 19.6 Å². The van der Waals surface area contributed by atoms with Gasteiger partial charge in [-0.1, -0.05) is 0 Å². The Morgan fingerprint density at radius 3 is 2.67 bits per heavy atom. The molecule has 1 saturated heterocycles. The van der Waals surface area contributed by atoms with Gasteiger partial charge in [0.25, 0.3) is 0 Å². The predicted molar refractivity (Wildman–Crippen MR) is 47.1 cm³/mol. The molecule has 1 atom stereocenters. The largest absolute Gasteiger partial charge is 0.401 e. The van der Waals surface area contributed by atoms with Crippen LogP contribution in [-0.4, -0.2) is 31.5 Å². The normalized spacial score (nSPS) is 28.1. The van der Waals surface area contributed by atoms with Crippen molar-refractivity contribution in [2.24, 2.45) is 0 Å². The number of alkyl halides is 3. The van der Waals surface area contributed by atoms with Gasteiger partial charge in [-0.3, -0.25) is 5.32 Å². The van der Waals surface area contributed by atoms with E-state index in [0.717, 1.165) is 0 Å². The number of hydrogen-bond acceptors (Lipinski definition) is 3. The Balaban J connectivity index is 2.55. The average Bonchev–Trinajstić information content (AvgIpc) is 2.40. The molecule has 1 fully saturated rings. The summed E-state index contributed by atoms with van der Waals surface area (Å²) < 4.78 is 41.2. The number of ether oxygens (including phenoxy) is 1. The maximum absolute atomic E-state index is 12.0. The highest BCUT2D eigenvalue weighted by molar-refractivity contribution is 5.07. The number of nitrogens with one attached hydrogen (secondary N) is 1. The van der Waals surface area contributed by atoms with Gasteiger partial charge in [0.05, 0.1) is 12.6 Å². The molecular weight excluding hydrogens is 209 g/mol. The van der Waals surface area contributed by atoms with Crippen molar-refractivity contribution in [2.75, 3.05) is 19.8 Å². The summed E-state index contributed by atoms with van der Waals surface area (Å²) in [5.74, 6) is 0. The maximum atomic E-state index is 12.0. The van der Waals surface area contributed by atoms with Crippen LogP contribution in [0.15, 0.2) is 0 Å². The standard InChI is InChI=1S/C9H13F3N2O/c10-9(11,12)7-14-8(6-13)2-1-4-15-5-3-8/h14H,1-5,7H2. The van der Waals surface area contributed by atoms with Gasteiger partial charge in [-0.25, -0.2) is 0 Å². The van der Waals surface area contributed by atoms with Crippen molar-refractivity contribution in [2.45, 2.75) is 31.0 Å². The van der Waals surface area contributed by atoms with E-state index >= 15 is 0 Å². The molecule has 0 saturated carbocycles. The molecule has 1 aliphatic rings. The fourth-order valence-corrected chi connectivity index (χ4v) is 1.55. The number of hydrogen-bond donors (Lipinski definition) is 1. The summed E-state index contributed by atoms with van der Waals surface area (Å²) in [6, 6.07) is 1.94. The van der Waals surface area contributed by atoms with E-state index in [2.05, 4.69) is 5.32 Å². The predicted octanol–water partition coefficient (Wildman–Crippen LogP) is 1.60. The number of nitriles is 1. The van der Waals surface area contributed by atoms with Crippen LogP contribution in [0.2, 0.25) is 0 Å². The first kappa shape index (κ1) is 12.3. The second-order valence-electron chi connectivity index (χ2n) is 3.63. The summed E-state index contributed by atoms with van der Waals surface area (Å²) in [6.07, 6.45) is -2.96. The van der Waals surface area contributed by atoms with E-state index in [1.165, 1.54) is 0 Å². The Labute approximate surface area is 86.2 Å². The number of halogens is 3. The molecule has 0 aromatic heterocycles. The molecule has 0 aromatic carbocycles. The molecule has 1 N–H and O–H groups in total. The smallest absolute Gasteiger partial charge is 0.381 e. The van der Waals surface area contributed by atoms with Crippen LogP contribution >= 0.6 is 0 Å². The molecule has 0 spiro atoms. The Kier molecular flexibility index (Phi) is 3.94. The molecule has 3 nitrogen and oxygen atoms in total. The number of rotatable bonds is 2. The zero-order chi connectivity index (χ0) is 11.4. The molecule has 6 heteroatoms. The topological polar surface area (TPSA) is 45.0 Å². The lowest BCUT2D eigenvalue weighted by atomic mass is 9.92. The Bertz CT molecular complexity index is 239. The highest BCUT2D eigenvalue weighted by Crippen LogP contribution is 2.22. The average molecular weight is 222 g/mol. The Hall–Kier alpha value is -0.800. The third-order valence-corrected chi connectivity index (χ3v) is 2.41. The molecular formula is C9H13F3N2O. The zero-order valence-corrected chi connectivity index (χ0v) is 8.23. The van der Waals surface area contributed by atoms with Crippen LogP contribution < -0.4 is 5.32 Å². The van der Waals surface area contributed by atoms with Crippen LogP contribution in [-0.2, 0) is 4.74 Å². The van der Waals surface area contributed by atoms with Crippen LogP contribution in [0, 0.1) is 11.3 Å². The number of nitrogens with zero attached hydrogens (tertiary/aromatic N) is 1. The first-order valence-corrected chi connectivity index (χ1v) is 4.78. The fraction of sp³-hybridized carbons (Fsp3) is 0.889. The van der Waals surface area contributed by atoms with Crippen molar-refractivity contribution in [1.29, 1.82) is 5.26 Å². The molecule has 0 radical (unpaired) electrons. The Morgan fingerprint density at radius 2 is 2.07 bits per heavy atom. The Morgan fingerprint density at radius 1 is 1.33 bits per heavy atom. The molecule has 86 valence electrons. The van der Waals surface area contributed by atoms with E-state index in [9.17, 15) is 13.2 Å². The minimum absolute atomic E-state index is 0.305. The lowest BCUT2D eigenvalue weighted by Gasteiger charge is -2.26. The van der Waals surface area contributed by atoms with Crippen molar-refractivity contribution < 1.29 is 17.9 Å². The summed E-state index contributed by atoms with van der Waals surface area (Å²) in [5, 5.41) is 11.2. The third-order valence-electron chi connectivity index (χ3n) is 2.41. The highest BCUT2D eigenvalue weighted by Gasteiger charge is 2.36. The van der Waals surface area contributed by atoms with Crippen molar-refractivity contribution in [3.63, 3.8) is 0 Å². The molecule has 1 heterocycles. The third kappa shape index (κ3) is 4.06. The second-order valence-corrected chi connectivity index (χ2v) is 3.63. The summed E-state index contributed by atoms with van der Waals surface area (Å²) in [4.78, 5) is 0. The SMILES string of the molecule is N#CC1(NCC(F)(F)F)CCCOCC1. The van der Waals surface area contributed by atoms with Crippen molar-refractivity contribution >= 4 is 0 Å². The maximum Gasteiger partial charge on any atom is 0.401 e. The van der Waals surface area contributed by atoms with Gasteiger partial charge in [-0.15, -0.1) is 0 Å². The van der Waals surface area contributed by atoms with Crippen LogP contribution in [0.3, 0.4) is 0 Å². The highest BCUT2D eigenvalue weighted by atomic mass is 19.4. The van der Waals surface area contributed by atoms with E-state index < -0.39 is 18.3 Å². The minimum atomic E-state index is -4.28. The summed E-state index contributed by atoms with van der Waals surface area (Å²) >= 11 is 0. The van der Waals surface area contributed by atoms with Gasteiger partial charge < -0.3 is 4.74 Å². The van der Waals surface area contributed by atoms with E-state index in [4.69, 9.17) is 10.00 Å². The first-order valence-electron chi connectivity index (χ1n) is 4.78. The van der Waals surface area contributed by atoms with E-state index in [0.29, 0.717) is 32.5 Å². The fourth-order valence-electron chi connectivity index (χ4n) is 1.55. The van der Waals surface area contributed by atoms with Crippen LogP contribution in [0.1, 0.15) is 19.3 Å². The molecule has 15 heavy (non-hydrogen) atoms. The first-order chi connectivity index (χ1) is 6.97. The molecule has 1 unspecified atom stereocenters.